The van der Waals surface area contributed by atoms with Gasteiger partial charge in [0.25, 0.3) is 0 Å². The summed E-state index contributed by atoms with van der Waals surface area (Å²) < 4.78 is 0. The molecule has 2 rings (SSSR count). The van der Waals surface area contributed by atoms with E-state index in [-0.39, 0.29) is 5.91 Å². The molecule has 1 aromatic rings. The first-order valence-corrected chi connectivity index (χ1v) is 8.05. The molecule has 0 aromatic heterocycles. The molecule has 5 heteroatoms. The molecule has 0 saturated carbocycles. The zero-order chi connectivity index (χ0) is 16.0. The second-order valence-corrected chi connectivity index (χ2v) is 6.22. The highest BCUT2D eigenvalue weighted by atomic mass is 16.3. The number of carbonyl (C=O) groups excluding carboxylic acids is 1. The molecule has 22 heavy (non-hydrogen) atoms. The molecule has 1 fully saturated rings. The number of hydrogen-bond acceptors (Lipinski definition) is 4. The van der Waals surface area contributed by atoms with Gasteiger partial charge in [0.1, 0.15) is 0 Å². The molecule has 1 aliphatic rings. The van der Waals surface area contributed by atoms with Crippen molar-refractivity contribution < 1.29 is 9.90 Å². The Balaban J connectivity index is 1.79. The first-order valence-electron chi connectivity index (χ1n) is 8.05. The Bertz CT molecular complexity index is 470. The van der Waals surface area contributed by atoms with Gasteiger partial charge in [-0.05, 0) is 44.2 Å². The first kappa shape index (κ1) is 16.9. The summed E-state index contributed by atoms with van der Waals surface area (Å²) in [4.78, 5) is 14.2. The van der Waals surface area contributed by atoms with Gasteiger partial charge >= 0.3 is 0 Å². The number of nitrogens with zero attached hydrogens (tertiary/aromatic N) is 1. The van der Waals surface area contributed by atoms with E-state index in [2.05, 4.69) is 0 Å². The molecule has 5 N–H and O–H groups in total. The molecular formula is C17H27N3O2. The van der Waals surface area contributed by atoms with E-state index in [4.69, 9.17) is 11.5 Å². The molecule has 1 amide bonds. The molecule has 0 unspecified atom stereocenters. The molecule has 0 bridgehead atoms. The number of likely N-dealkylation sites (tertiary alicyclic amines) is 1. The predicted octanol–water partition coefficient (Wildman–Crippen LogP) is 0.649. The van der Waals surface area contributed by atoms with E-state index in [0.29, 0.717) is 45.3 Å². The van der Waals surface area contributed by atoms with Gasteiger partial charge in [-0.2, -0.15) is 0 Å². The average Bonchev–Trinajstić information content (AvgIpc) is 2.54. The zero-order valence-corrected chi connectivity index (χ0v) is 13.1. The third-order valence-corrected chi connectivity index (χ3v) is 4.52. The SMILES string of the molecule is NCCC1(O)CCN(C(=O)[C@@H](N)CCc2ccccc2)CC1. The summed E-state index contributed by atoms with van der Waals surface area (Å²) in [6, 6.07) is 9.58. The Labute approximate surface area is 132 Å². The van der Waals surface area contributed by atoms with E-state index in [1.54, 1.807) is 4.90 Å². The molecule has 122 valence electrons. The van der Waals surface area contributed by atoms with Gasteiger partial charge in [-0.3, -0.25) is 4.79 Å². The second kappa shape index (κ2) is 7.72. The number of aliphatic hydroxyl groups is 1. The highest BCUT2D eigenvalue weighted by Crippen LogP contribution is 2.25. The summed E-state index contributed by atoms with van der Waals surface area (Å²) in [5, 5.41) is 10.3. The molecule has 1 aromatic carbocycles. The fourth-order valence-corrected chi connectivity index (χ4v) is 2.99. The smallest absolute Gasteiger partial charge is 0.239 e. The zero-order valence-electron chi connectivity index (χ0n) is 13.1. The molecule has 0 radical (unpaired) electrons. The van der Waals surface area contributed by atoms with Gasteiger partial charge in [0, 0.05) is 13.1 Å². The molecule has 0 aliphatic carbocycles. The summed E-state index contributed by atoms with van der Waals surface area (Å²) in [5.41, 5.74) is 12.1. The van der Waals surface area contributed by atoms with Crippen LogP contribution in [0.4, 0.5) is 0 Å². The fourth-order valence-electron chi connectivity index (χ4n) is 2.99. The second-order valence-electron chi connectivity index (χ2n) is 6.22. The number of nitrogens with two attached hydrogens (primary N) is 2. The van der Waals surface area contributed by atoms with Crippen LogP contribution in [0.15, 0.2) is 30.3 Å². The molecule has 0 spiro atoms. The number of piperidine rings is 1. The van der Waals surface area contributed by atoms with Crippen molar-refractivity contribution in [3.63, 3.8) is 0 Å². The van der Waals surface area contributed by atoms with Crippen LogP contribution < -0.4 is 11.5 Å². The number of benzene rings is 1. The number of amides is 1. The lowest BCUT2D eigenvalue weighted by atomic mass is 9.88. The van der Waals surface area contributed by atoms with Crippen molar-refractivity contribution in [2.45, 2.75) is 43.7 Å². The van der Waals surface area contributed by atoms with Gasteiger partial charge in [0.2, 0.25) is 5.91 Å². The number of aryl methyl sites for hydroxylation is 1. The van der Waals surface area contributed by atoms with Crippen LogP contribution in [0, 0.1) is 0 Å². The van der Waals surface area contributed by atoms with E-state index >= 15 is 0 Å². The topological polar surface area (TPSA) is 92.6 Å². The third-order valence-electron chi connectivity index (χ3n) is 4.52. The van der Waals surface area contributed by atoms with Gasteiger partial charge in [-0.15, -0.1) is 0 Å². The van der Waals surface area contributed by atoms with Gasteiger partial charge < -0.3 is 21.5 Å². The minimum Gasteiger partial charge on any atom is -0.390 e. The monoisotopic (exact) mass is 305 g/mol. The third kappa shape index (κ3) is 4.53. The normalized spacial score (nSPS) is 19.0. The van der Waals surface area contributed by atoms with Crippen LogP contribution in [-0.4, -0.2) is 47.2 Å². The Morgan fingerprint density at radius 2 is 1.91 bits per heavy atom. The standard InChI is InChI=1S/C17H27N3O2/c18-11-8-17(22)9-12-20(13-10-17)16(21)15(19)7-6-14-4-2-1-3-5-14/h1-5,15,22H,6-13,18-19H2/t15-/m0/s1. The maximum atomic E-state index is 12.4. The van der Waals surface area contributed by atoms with E-state index < -0.39 is 11.6 Å². The van der Waals surface area contributed by atoms with Crippen molar-refractivity contribution in [1.82, 2.24) is 4.90 Å². The minimum atomic E-state index is -0.709. The van der Waals surface area contributed by atoms with Gasteiger partial charge in [-0.1, -0.05) is 30.3 Å². The minimum absolute atomic E-state index is 0.00858. The molecule has 1 aliphatic heterocycles. The van der Waals surface area contributed by atoms with E-state index in [0.717, 1.165) is 6.42 Å². The van der Waals surface area contributed by atoms with Crippen LogP contribution in [0.5, 0.6) is 0 Å². The lowest BCUT2D eigenvalue weighted by molar-refractivity contribution is -0.137. The predicted molar refractivity (Wildman–Crippen MR) is 87.2 cm³/mol. The number of carbonyl (C=O) groups is 1. The maximum Gasteiger partial charge on any atom is 0.239 e. The summed E-state index contributed by atoms with van der Waals surface area (Å²) >= 11 is 0. The Hall–Kier alpha value is -1.43. The van der Waals surface area contributed by atoms with E-state index in [1.165, 1.54) is 5.56 Å². The quantitative estimate of drug-likeness (QED) is 0.719. The summed E-state index contributed by atoms with van der Waals surface area (Å²) in [5.74, 6) is -0.00858. The van der Waals surface area contributed by atoms with E-state index in [9.17, 15) is 9.90 Å². The molecule has 5 nitrogen and oxygen atoms in total. The van der Waals surface area contributed by atoms with Crippen molar-refractivity contribution in [3.8, 4) is 0 Å². The first-order chi connectivity index (χ1) is 10.5. The van der Waals surface area contributed by atoms with Crippen molar-refractivity contribution in [2.75, 3.05) is 19.6 Å². The summed E-state index contributed by atoms with van der Waals surface area (Å²) in [6.07, 6.45) is 3.21. The highest BCUT2D eigenvalue weighted by Gasteiger charge is 2.34. The van der Waals surface area contributed by atoms with Crippen LogP contribution in [0.25, 0.3) is 0 Å². The van der Waals surface area contributed by atoms with Gasteiger partial charge in [-0.25, -0.2) is 0 Å². The van der Waals surface area contributed by atoms with Crippen LogP contribution in [0.1, 0.15) is 31.2 Å². The van der Waals surface area contributed by atoms with Gasteiger partial charge in [0.05, 0.1) is 11.6 Å². The van der Waals surface area contributed by atoms with Crippen molar-refractivity contribution >= 4 is 5.91 Å². The van der Waals surface area contributed by atoms with Crippen LogP contribution >= 0.6 is 0 Å². The molecule has 1 atom stereocenters. The Kier molecular flexibility index (Phi) is 5.94. The largest absolute Gasteiger partial charge is 0.390 e. The molecule has 1 saturated heterocycles. The summed E-state index contributed by atoms with van der Waals surface area (Å²) in [6.45, 7) is 1.60. The number of hydrogen-bond donors (Lipinski definition) is 3. The molecular weight excluding hydrogens is 278 g/mol. The summed E-state index contributed by atoms with van der Waals surface area (Å²) in [7, 11) is 0. The van der Waals surface area contributed by atoms with Crippen molar-refractivity contribution in [2.24, 2.45) is 11.5 Å². The fraction of sp³-hybridized carbons (Fsp3) is 0.588. The Morgan fingerprint density at radius 1 is 1.27 bits per heavy atom. The van der Waals surface area contributed by atoms with Crippen LogP contribution in [0.2, 0.25) is 0 Å². The van der Waals surface area contributed by atoms with Crippen LogP contribution in [0.3, 0.4) is 0 Å². The molecule has 1 heterocycles. The van der Waals surface area contributed by atoms with Crippen LogP contribution in [-0.2, 0) is 11.2 Å². The highest BCUT2D eigenvalue weighted by molar-refractivity contribution is 5.81. The average molecular weight is 305 g/mol. The number of rotatable bonds is 6. The lowest BCUT2D eigenvalue weighted by Crippen LogP contribution is -2.51. The van der Waals surface area contributed by atoms with Gasteiger partial charge in [0.15, 0.2) is 0 Å². The lowest BCUT2D eigenvalue weighted by Gasteiger charge is -2.39. The van der Waals surface area contributed by atoms with Crippen molar-refractivity contribution in [3.05, 3.63) is 35.9 Å². The maximum absolute atomic E-state index is 12.4. The Morgan fingerprint density at radius 3 is 2.50 bits per heavy atom. The van der Waals surface area contributed by atoms with E-state index in [1.807, 2.05) is 30.3 Å². The van der Waals surface area contributed by atoms with Crippen molar-refractivity contribution in [1.29, 1.82) is 0 Å².